The molecule has 2 amide bonds. The first-order chi connectivity index (χ1) is 12.4. The lowest BCUT2D eigenvalue weighted by Crippen LogP contribution is -2.34. The molecule has 2 rings (SSSR count). The summed E-state index contributed by atoms with van der Waals surface area (Å²) >= 11 is 13.1. The minimum Gasteiger partial charge on any atom is -0.454 e. The standard InChI is InChI=1S/C17H16Cl2N2O4S/c1-10(11-4-5-12(18)13(19)7-11)21-15(22)9-25-16(23)8-20-17(24)14-3-2-6-26-14/h2-7,10H,8-9H2,1H3,(H,20,24)(H,21,22)/t10-/m0/s1. The molecule has 0 unspecified atom stereocenters. The molecule has 26 heavy (non-hydrogen) atoms. The Morgan fingerprint density at radius 1 is 1.19 bits per heavy atom. The summed E-state index contributed by atoms with van der Waals surface area (Å²) in [4.78, 5) is 35.7. The van der Waals surface area contributed by atoms with E-state index in [1.165, 1.54) is 11.3 Å². The molecule has 0 fully saturated rings. The Balaban J connectivity index is 1.72. The number of halogens is 2. The van der Waals surface area contributed by atoms with Crippen LogP contribution >= 0.6 is 34.5 Å². The maximum Gasteiger partial charge on any atom is 0.325 e. The molecule has 138 valence electrons. The highest BCUT2D eigenvalue weighted by Crippen LogP contribution is 2.25. The highest BCUT2D eigenvalue weighted by Gasteiger charge is 2.14. The van der Waals surface area contributed by atoms with E-state index >= 15 is 0 Å². The number of carbonyl (C=O) groups is 3. The van der Waals surface area contributed by atoms with Gasteiger partial charge < -0.3 is 15.4 Å². The van der Waals surface area contributed by atoms with Crippen molar-refractivity contribution in [1.82, 2.24) is 10.6 Å². The second-order valence-electron chi connectivity index (χ2n) is 5.28. The van der Waals surface area contributed by atoms with Gasteiger partial charge in [0.25, 0.3) is 11.8 Å². The molecule has 0 bridgehead atoms. The zero-order chi connectivity index (χ0) is 19.1. The fourth-order valence-electron chi connectivity index (χ4n) is 1.99. The van der Waals surface area contributed by atoms with Gasteiger partial charge in [0.05, 0.1) is 21.0 Å². The molecule has 1 atom stereocenters. The van der Waals surface area contributed by atoms with Crippen molar-refractivity contribution in [3.8, 4) is 0 Å². The van der Waals surface area contributed by atoms with Crippen LogP contribution in [0.2, 0.25) is 10.0 Å². The monoisotopic (exact) mass is 414 g/mol. The van der Waals surface area contributed by atoms with Crippen LogP contribution in [0, 0.1) is 0 Å². The van der Waals surface area contributed by atoms with Crippen LogP contribution in [0.15, 0.2) is 35.7 Å². The van der Waals surface area contributed by atoms with E-state index in [1.54, 1.807) is 42.6 Å². The topological polar surface area (TPSA) is 84.5 Å². The molecule has 0 aliphatic rings. The first-order valence-electron chi connectivity index (χ1n) is 7.58. The lowest BCUT2D eigenvalue weighted by molar-refractivity contribution is -0.147. The third-order valence-electron chi connectivity index (χ3n) is 3.32. The molecule has 1 aromatic heterocycles. The van der Waals surface area contributed by atoms with Gasteiger partial charge in [-0.3, -0.25) is 14.4 Å². The SMILES string of the molecule is C[C@H](NC(=O)COC(=O)CNC(=O)c1cccs1)c1ccc(Cl)c(Cl)c1. The van der Waals surface area contributed by atoms with Crippen LogP contribution < -0.4 is 10.6 Å². The fraction of sp³-hybridized carbons (Fsp3) is 0.235. The first kappa shape index (κ1) is 20.2. The van der Waals surface area contributed by atoms with Crippen molar-refractivity contribution in [3.63, 3.8) is 0 Å². The maximum atomic E-state index is 11.9. The van der Waals surface area contributed by atoms with Crippen molar-refractivity contribution in [2.45, 2.75) is 13.0 Å². The quantitative estimate of drug-likeness (QED) is 0.681. The van der Waals surface area contributed by atoms with E-state index in [0.717, 1.165) is 5.56 Å². The lowest BCUT2D eigenvalue weighted by atomic mass is 10.1. The van der Waals surface area contributed by atoms with Gasteiger partial charge in [0, 0.05) is 0 Å². The molecule has 1 heterocycles. The van der Waals surface area contributed by atoms with Gasteiger partial charge in [-0.05, 0) is 36.1 Å². The van der Waals surface area contributed by atoms with Crippen LogP contribution in [0.3, 0.4) is 0 Å². The van der Waals surface area contributed by atoms with Crippen LogP contribution in [-0.2, 0) is 14.3 Å². The van der Waals surface area contributed by atoms with E-state index in [-0.39, 0.29) is 18.5 Å². The Morgan fingerprint density at radius 3 is 2.62 bits per heavy atom. The van der Waals surface area contributed by atoms with Crippen molar-refractivity contribution in [2.24, 2.45) is 0 Å². The van der Waals surface area contributed by atoms with Crippen LogP contribution in [0.25, 0.3) is 0 Å². The van der Waals surface area contributed by atoms with Gasteiger partial charge >= 0.3 is 5.97 Å². The maximum absolute atomic E-state index is 11.9. The molecule has 0 spiro atoms. The fourth-order valence-corrected chi connectivity index (χ4v) is 2.94. The van der Waals surface area contributed by atoms with E-state index in [0.29, 0.717) is 14.9 Å². The molecule has 0 aliphatic heterocycles. The normalized spacial score (nSPS) is 11.5. The zero-order valence-corrected chi connectivity index (χ0v) is 16.1. The van der Waals surface area contributed by atoms with Gasteiger partial charge in [0.1, 0.15) is 6.54 Å². The number of thiophene rings is 1. The average molecular weight is 415 g/mol. The number of amides is 2. The predicted octanol–water partition coefficient (Wildman–Crippen LogP) is 3.21. The van der Waals surface area contributed by atoms with Gasteiger partial charge in [-0.1, -0.05) is 35.3 Å². The first-order valence-corrected chi connectivity index (χ1v) is 9.22. The lowest BCUT2D eigenvalue weighted by Gasteiger charge is -2.15. The molecule has 0 radical (unpaired) electrons. The van der Waals surface area contributed by atoms with Crippen LogP contribution in [-0.4, -0.2) is 30.9 Å². The Bertz CT molecular complexity index is 796. The summed E-state index contributed by atoms with van der Waals surface area (Å²) in [5.41, 5.74) is 0.766. The molecule has 2 aromatic rings. The van der Waals surface area contributed by atoms with E-state index in [1.807, 2.05) is 0 Å². The van der Waals surface area contributed by atoms with Crippen molar-refractivity contribution < 1.29 is 19.1 Å². The molecule has 9 heteroatoms. The molecular weight excluding hydrogens is 399 g/mol. The smallest absolute Gasteiger partial charge is 0.325 e. The highest BCUT2D eigenvalue weighted by molar-refractivity contribution is 7.12. The molecule has 6 nitrogen and oxygen atoms in total. The summed E-state index contributed by atoms with van der Waals surface area (Å²) in [6.07, 6.45) is 0. The zero-order valence-electron chi connectivity index (χ0n) is 13.8. The molecule has 2 N–H and O–H groups in total. The van der Waals surface area contributed by atoms with Crippen LogP contribution in [0.4, 0.5) is 0 Å². The number of hydrogen-bond acceptors (Lipinski definition) is 5. The second kappa shape index (κ2) is 9.56. The van der Waals surface area contributed by atoms with Crippen molar-refractivity contribution in [1.29, 1.82) is 0 Å². The Morgan fingerprint density at radius 2 is 1.96 bits per heavy atom. The van der Waals surface area contributed by atoms with Crippen LogP contribution in [0.1, 0.15) is 28.2 Å². The number of nitrogens with one attached hydrogen (secondary N) is 2. The van der Waals surface area contributed by atoms with E-state index in [2.05, 4.69) is 10.6 Å². The van der Waals surface area contributed by atoms with Gasteiger partial charge in [-0.2, -0.15) is 0 Å². The van der Waals surface area contributed by atoms with Crippen LogP contribution in [0.5, 0.6) is 0 Å². The molecule has 0 saturated heterocycles. The highest BCUT2D eigenvalue weighted by atomic mass is 35.5. The number of esters is 1. The largest absolute Gasteiger partial charge is 0.454 e. The minimum atomic E-state index is -0.702. The van der Waals surface area contributed by atoms with Gasteiger partial charge in [0.15, 0.2) is 6.61 Å². The molecular formula is C17H16Cl2N2O4S. The van der Waals surface area contributed by atoms with Crippen molar-refractivity contribution in [3.05, 3.63) is 56.2 Å². The van der Waals surface area contributed by atoms with Gasteiger partial charge in [0.2, 0.25) is 0 Å². The minimum absolute atomic E-state index is 0.313. The number of benzene rings is 1. The summed E-state index contributed by atoms with van der Waals surface area (Å²) in [5.74, 6) is -1.54. The predicted molar refractivity (Wildman–Crippen MR) is 101 cm³/mol. The number of hydrogen-bond donors (Lipinski definition) is 2. The summed E-state index contributed by atoms with van der Waals surface area (Å²) in [6, 6.07) is 8.07. The van der Waals surface area contributed by atoms with Gasteiger partial charge in [-0.25, -0.2) is 0 Å². The van der Waals surface area contributed by atoms with E-state index < -0.39 is 18.5 Å². The van der Waals surface area contributed by atoms with E-state index in [4.69, 9.17) is 27.9 Å². The Kier molecular flexibility index (Phi) is 7.44. The van der Waals surface area contributed by atoms with Gasteiger partial charge in [-0.15, -0.1) is 11.3 Å². The number of rotatable bonds is 7. The van der Waals surface area contributed by atoms with Crippen molar-refractivity contribution in [2.75, 3.05) is 13.2 Å². The molecule has 1 aromatic carbocycles. The summed E-state index contributed by atoms with van der Waals surface area (Å²) < 4.78 is 4.84. The second-order valence-corrected chi connectivity index (χ2v) is 7.05. The summed E-state index contributed by atoms with van der Waals surface area (Å²) in [5, 5.41) is 7.67. The third-order valence-corrected chi connectivity index (χ3v) is 4.93. The average Bonchev–Trinajstić information content (AvgIpc) is 3.14. The number of ether oxygens (including phenoxy) is 1. The molecule has 0 aliphatic carbocycles. The Hall–Kier alpha value is -2.09. The van der Waals surface area contributed by atoms with E-state index in [9.17, 15) is 14.4 Å². The van der Waals surface area contributed by atoms with Crippen molar-refractivity contribution >= 4 is 52.3 Å². The third kappa shape index (κ3) is 6.01. The summed E-state index contributed by atoms with van der Waals surface area (Å²) in [6.45, 7) is 1.01. The number of carbonyl (C=O) groups excluding carboxylic acids is 3. The summed E-state index contributed by atoms with van der Waals surface area (Å²) in [7, 11) is 0. The molecule has 0 saturated carbocycles. The Labute approximate surface area is 164 Å².